The van der Waals surface area contributed by atoms with Gasteiger partial charge >= 0.3 is 5.69 Å². The summed E-state index contributed by atoms with van der Waals surface area (Å²) in [6.45, 7) is 4.10. The highest BCUT2D eigenvalue weighted by atomic mass is 19.1. The van der Waals surface area contributed by atoms with Gasteiger partial charge in [-0.15, -0.1) is 0 Å². The van der Waals surface area contributed by atoms with E-state index in [1.165, 1.54) is 6.07 Å². The van der Waals surface area contributed by atoms with Crippen molar-refractivity contribution in [3.63, 3.8) is 0 Å². The number of hydrogen-bond donors (Lipinski definition) is 1. The van der Waals surface area contributed by atoms with Gasteiger partial charge in [0.05, 0.1) is 4.92 Å². The van der Waals surface area contributed by atoms with Crippen LogP contribution in [0.5, 0.6) is 0 Å². The van der Waals surface area contributed by atoms with E-state index in [4.69, 9.17) is 5.73 Å². The van der Waals surface area contributed by atoms with E-state index in [0.29, 0.717) is 12.4 Å². The molecule has 0 spiro atoms. The summed E-state index contributed by atoms with van der Waals surface area (Å²) in [5.74, 6) is 0.0753. The highest BCUT2D eigenvalue weighted by molar-refractivity contribution is 5.95. The first-order chi connectivity index (χ1) is 12.0. The monoisotopic (exact) mass is 347 g/mol. The average molecular weight is 347 g/mol. The van der Waals surface area contributed by atoms with Crippen molar-refractivity contribution in [2.24, 2.45) is 10.7 Å². The van der Waals surface area contributed by atoms with Gasteiger partial charge in [-0.25, -0.2) is 4.99 Å². The topological polar surface area (TPSA) is 88.0 Å². The predicted octanol–water partition coefficient (Wildman–Crippen LogP) is 2.63. The van der Waals surface area contributed by atoms with Crippen LogP contribution in [0.15, 0.2) is 35.0 Å². The first-order valence-electron chi connectivity index (χ1n) is 8.46. The van der Waals surface area contributed by atoms with Crippen LogP contribution in [-0.2, 0) is 0 Å². The van der Waals surface area contributed by atoms with Gasteiger partial charge in [-0.1, -0.05) is 13.3 Å². The smallest absolute Gasteiger partial charge is 0.306 e. The Balaban J connectivity index is 1.88. The largest absolute Gasteiger partial charge is 0.355 e. The summed E-state index contributed by atoms with van der Waals surface area (Å²) in [6, 6.07) is 4.13. The highest BCUT2D eigenvalue weighted by Crippen LogP contribution is 2.30. The van der Waals surface area contributed by atoms with E-state index >= 15 is 0 Å². The molecular formula is C17H22FN5O2. The minimum Gasteiger partial charge on any atom is -0.355 e. The number of allylic oxidation sites excluding steroid dienone is 1. The first-order valence-corrected chi connectivity index (χ1v) is 8.46. The molecule has 0 radical (unpaired) electrons. The highest BCUT2D eigenvalue weighted by Gasteiger charge is 2.26. The Kier molecular flexibility index (Phi) is 4.98. The second kappa shape index (κ2) is 7.18. The third kappa shape index (κ3) is 3.63. The predicted molar refractivity (Wildman–Crippen MR) is 95.0 cm³/mol. The fraction of sp³-hybridized carbons (Fsp3) is 0.471. The molecule has 0 aliphatic carbocycles. The van der Waals surface area contributed by atoms with E-state index in [1.54, 1.807) is 6.07 Å². The van der Waals surface area contributed by atoms with Crippen LogP contribution in [0.2, 0.25) is 0 Å². The molecular weight excluding hydrogens is 325 g/mol. The van der Waals surface area contributed by atoms with Crippen LogP contribution < -0.4 is 10.6 Å². The van der Waals surface area contributed by atoms with Crippen LogP contribution >= 0.6 is 0 Å². The van der Waals surface area contributed by atoms with Crippen LogP contribution in [0.4, 0.5) is 15.8 Å². The standard InChI is InChI=1S/C17H22FN5O2/c1-2-3-13-9-17(21-7-6-12(19)10-21)20-11-22(13)14-4-5-15(18)16(8-14)23(24)25/h4-5,8-9,12H,2-3,6-7,10-11,19H2,1H3/t12-/m0/s1. The number of amidine groups is 1. The number of nitro benzene ring substituents is 1. The van der Waals surface area contributed by atoms with Crippen molar-refractivity contribution in [2.75, 3.05) is 24.7 Å². The van der Waals surface area contributed by atoms with Gasteiger partial charge in [0.15, 0.2) is 0 Å². The van der Waals surface area contributed by atoms with Crippen LogP contribution in [0.1, 0.15) is 26.2 Å². The van der Waals surface area contributed by atoms with Crippen molar-refractivity contribution >= 4 is 17.2 Å². The average Bonchev–Trinajstić information content (AvgIpc) is 3.02. The molecule has 1 atom stereocenters. The molecule has 1 fully saturated rings. The van der Waals surface area contributed by atoms with E-state index in [0.717, 1.165) is 50.0 Å². The van der Waals surface area contributed by atoms with Gasteiger partial charge in [-0.05, 0) is 31.1 Å². The second-order valence-corrected chi connectivity index (χ2v) is 6.36. The molecule has 1 aromatic rings. The van der Waals surface area contributed by atoms with Crippen LogP contribution in [0, 0.1) is 15.9 Å². The van der Waals surface area contributed by atoms with E-state index in [9.17, 15) is 14.5 Å². The minimum absolute atomic E-state index is 0.170. The van der Waals surface area contributed by atoms with Crippen molar-refractivity contribution in [1.82, 2.24) is 4.90 Å². The molecule has 0 aromatic heterocycles. The minimum atomic E-state index is -0.831. The molecule has 7 nitrogen and oxygen atoms in total. The summed E-state index contributed by atoms with van der Waals surface area (Å²) in [5, 5.41) is 11.0. The number of likely N-dealkylation sites (tertiary alicyclic amines) is 1. The molecule has 2 aliphatic rings. The van der Waals surface area contributed by atoms with Gasteiger partial charge in [0, 0.05) is 36.6 Å². The summed E-state index contributed by atoms with van der Waals surface area (Å²) in [4.78, 5) is 19.0. The molecule has 0 bridgehead atoms. The van der Waals surface area contributed by atoms with Gasteiger partial charge in [0.2, 0.25) is 5.82 Å². The Bertz CT molecular complexity index is 734. The molecule has 0 amide bonds. The Morgan fingerprint density at radius 3 is 2.92 bits per heavy atom. The Morgan fingerprint density at radius 1 is 1.48 bits per heavy atom. The molecule has 2 heterocycles. The normalized spacial score (nSPS) is 20.5. The quantitative estimate of drug-likeness (QED) is 0.668. The zero-order chi connectivity index (χ0) is 18.0. The number of anilines is 1. The number of rotatable bonds is 4. The van der Waals surface area contributed by atoms with E-state index in [-0.39, 0.29) is 6.04 Å². The number of nitrogens with two attached hydrogens (primary N) is 1. The summed E-state index contributed by atoms with van der Waals surface area (Å²) in [6.07, 6.45) is 4.70. The first kappa shape index (κ1) is 17.3. The number of hydrogen-bond acceptors (Lipinski definition) is 6. The van der Waals surface area contributed by atoms with Gasteiger partial charge in [0.1, 0.15) is 12.5 Å². The maximum atomic E-state index is 13.6. The van der Waals surface area contributed by atoms with Crippen molar-refractivity contribution in [3.05, 3.63) is 45.9 Å². The lowest BCUT2D eigenvalue weighted by Gasteiger charge is -2.31. The number of nitro groups is 1. The number of aliphatic imine (C=N–C) groups is 1. The van der Waals surface area contributed by atoms with Crippen molar-refractivity contribution in [3.8, 4) is 0 Å². The third-order valence-electron chi connectivity index (χ3n) is 4.51. The number of benzene rings is 1. The fourth-order valence-electron chi connectivity index (χ4n) is 3.21. The molecule has 0 saturated carbocycles. The molecule has 0 unspecified atom stereocenters. The van der Waals surface area contributed by atoms with Gasteiger partial charge in [-0.2, -0.15) is 4.39 Å². The van der Waals surface area contributed by atoms with E-state index < -0.39 is 16.4 Å². The molecule has 2 aliphatic heterocycles. The van der Waals surface area contributed by atoms with Crippen LogP contribution in [0.25, 0.3) is 0 Å². The second-order valence-electron chi connectivity index (χ2n) is 6.36. The maximum Gasteiger partial charge on any atom is 0.306 e. The summed E-state index contributed by atoms with van der Waals surface area (Å²) in [5.41, 5.74) is 7.06. The molecule has 2 N–H and O–H groups in total. The zero-order valence-electron chi connectivity index (χ0n) is 14.2. The Labute approximate surface area is 145 Å². The summed E-state index contributed by atoms with van der Waals surface area (Å²) < 4.78 is 13.6. The lowest BCUT2D eigenvalue weighted by molar-refractivity contribution is -0.387. The Morgan fingerprint density at radius 2 is 2.28 bits per heavy atom. The Hall–Kier alpha value is -2.48. The SMILES string of the molecule is CCCC1=CC(N2CC[C@H](N)C2)=NCN1c1ccc(F)c([N+](=O)[O-])c1. The van der Waals surface area contributed by atoms with Crippen molar-refractivity contribution in [1.29, 1.82) is 0 Å². The molecule has 134 valence electrons. The number of nitrogens with zero attached hydrogens (tertiary/aromatic N) is 4. The zero-order valence-corrected chi connectivity index (χ0v) is 14.2. The summed E-state index contributed by atoms with van der Waals surface area (Å²) >= 11 is 0. The number of halogens is 1. The van der Waals surface area contributed by atoms with E-state index in [2.05, 4.69) is 16.8 Å². The van der Waals surface area contributed by atoms with Crippen molar-refractivity contribution < 1.29 is 9.31 Å². The van der Waals surface area contributed by atoms with Crippen LogP contribution in [-0.4, -0.2) is 41.5 Å². The molecule has 8 heteroatoms. The van der Waals surface area contributed by atoms with Crippen molar-refractivity contribution in [2.45, 2.75) is 32.2 Å². The molecule has 3 rings (SSSR count). The van der Waals surface area contributed by atoms with Gasteiger partial charge in [0.25, 0.3) is 0 Å². The summed E-state index contributed by atoms with van der Waals surface area (Å²) in [7, 11) is 0. The maximum absolute atomic E-state index is 13.6. The molecule has 1 saturated heterocycles. The fourth-order valence-corrected chi connectivity index (χ4v) is 3.21. The lowest BCUT2D eigenvalue weighted by Crippen LogP contribution is -2.36. The van der Waals surface area contributed by atoms with Crippen LogP contribution in [0.3, 0.4) is 0 Å². The molecule has 25 heavy (non-hydrogen) atoms. The molecule has 1 aromatic carbocycles. The van der Waals surface area contributed by atoms with E-state index in [1.807, 2.05) is 11.0 Å². The lowest BCUT2D eigenvalue weighted by atomic mass is 10.1. The van der Waals surface area contributed by atoms with Gasteiger partial charge in [-0.3, -0.25) is 10.1 Å². The third-order valence-corrected chi connectivity index (χ3v) is 4.51. The van der Waals surface area contributed by atoms with Gasteiger partial charge < -0.3 is 15.5 Å².